The molecule has 0 saturated carbocycles. The molecule has 0 spiro atoms. The average Bonchev–Trinajstić information content (AvgIpc) is 2.93. The van der Waals surface area contributed by atoms with Crippen molar-refractivity contribution in [3.8, 4) is 11.5 Å². The Labute approximate surface area is 153 Å². The van der Waals surface area contributed by atoms with Crippen molar-refractivity contribution in [3.05, 3.63) is 17.2 Å². The Morgan fingerprint density at radius 3 is 2.56 bits per heavy atom. The van der Waals surface area contributed by atoms with E-state index in [1.165, 1.54) is 14.2 Å². The molecule has 1 atom stereocenters. The molecule has 1 unspecified atom stereocenters. The normalized spacial score (nSPS) is 19.0. The Balaban J connectivity index is 1.94. The second kappa shape index (κ2) is 8.25. The summed E-state index contributed by atoms with van der Waals surface area (Å²) < 4.78 is 33.5. The molecule has 1 aliphatic heterocycles. The molecule has 0 radical (unpaired) electrons. The SMILES string of the molecule is COc1cc(NC(=O)CCN(C)C2CCS(=O)(=O)C2)c(OC)cc1Cl. The summed E-state index contributed by atoms with van der Waals surface area (Å²) in [4.78, 5) is 14.1. The molecule has 1 aliphatic rings. The van der Waals surface area contributed by atoms with Crippen molar-refractivity contribution in [2.75, 3.05) is 44.6 Å². The fraction of sp³-hybridized carbons (Fsp3) is 0.562. The van der Waals surface area contributed by atoms with E-state index in [-0.39, 0.29) is 29.9 Å². The second-order valence-electron chi connectivity index (χ2n) is 6.02. The first-order valence-electron chi connectivity index (χ1n) is 7.87. The number of carbonyl (C=O) groups is 1. The van der Waals surface area contributed by atoms with Gasteiger partial charge in [0.2, 0.25) is 5.91 Å². The standard InChI is InChI=1S/C16H23ClN2O5S/c1-19(11-5-7-25(21,22)10-11)6-4-16(20)18-13-9-14(23-2)12(17)8-15(13)24-3/h8-9,11H,4-7,10H2,1-3H3,(H,18,20). The minimum Gasteiger partial charge on any atom is -0.495 e. The summed E-state index contributed by atoms with van der Waals surface area (Å²) in [6.07, 6.45) is 0.851. The van der Waals surface area contributed by atoms with Crippen molar-refractivity contribution in [2.24, 2.45) is 0 Å². The van der Waals surface area contributed by atoms with Crippen LogP contribution in [0.2, 0.25) is 5.02 Å². The lowest BCUT2D eigenvalue weighted by molar-refractivity contribution is -0.116. The van der Waals surface area contributed by atoms with Crippen LogP contribution < -0.4 is 14.8 Å². The number of rotatable bonds is 7. The van der Waals surface area contributed by atoms with Crippen LogP contribution in [0.25, 0.3) is 0 Å². The third-order valence-electron chi connectivity index (χ3n) is 4.27. The predicted octanol–water partition coefficient (Wildman–Crippen LogP) is 1.80. The number of methoxy groups -OCH3 is 2. The number of carbonyl (C=O) groups excluding carboxylic acids is 1. The maximum Gasteiger partial charge on any atom is 0.225 e. The Morgan fingerprint density at radius 2 is 2.00 bits per heavy atom. The molecule has 1 aromatic rings. The maximum absolute atomic E-state index is 12.2. The first-order valence-corrected chi connectivity index (χ1v) is 10.1. The highest BCUT2D eigenvalue weighted by atomic mass is 35.5. The number of sulfone groups is 1. The molecule has 140 valence electrons. The van der Waals surface area contributed by atoms with Crippen LogP contribution in [0.15, 0.2) is 12.1 Å². The zero-order valence-electron chi connectivity index (χ0n) is 14.5. The summed E-state index contributed by atoms with van der Waals surface area (Å²) in [5, 5.41) is 3.17. The van der Waals surface area contributed by atoms with Gasteiger partial charge >= 0.3 is 0 Å². The van der Waals surface area contributed by atoms with Crippen molar-refractivity contribution >= 4 is 33.0 Å². The van der Waals surface area contributed by atoms with Gasteiger partial charge in [-0.05, 0) is 13.5 Å². The number of ether oxygens (including phenoxy) is 2. The number of halogens is 1. The fourth-order valence-electron chi connectivity index (χ4n) is 2.75. The van der Waals surface area contributed by atoms with Crippen LogP contribution in [-0.2, 0) is 14.6 Å². The largest absolute Gasteiger partial charge is 0.495 e. The molecule has 9 heteroatoms. The summed E-state index contributed by atoms with van der Waals surface area (Å²) >= 11 is 6.04. The van der Waals surface area contributed by atoms with Crippen molar-refractivity contribution in [1.29, 1.82) is 0 Å². The van der Waals surface area contributed by atoms with Crippen LogP contribution >= 0.6 is 11.6 Å². The minimum atomic E-state index is -2.93. The second-order valence-corrected chi connectivity index (χ2v) is 8.66. The quantitative estimate of drug-likeness (QED) is 0.764. The molecular formula is C16H23ClN2O5S. The lowest BCUT2D eigenvalue weighted by atomic mass is 10.2. The van der Waals surface area contributed by atoms with Crippen molar-refractivity contribution < 1.29 is 22.7 Å². The van der Waals surface area contributed by atoms with Crippen LogP contribution in [0.3, 0.4) is 0 Å². The van der Waals surface area contributed by atoms with E-state index in [2.05, 4.69) is 5.32 Å². The highest BCUT2D eigenvalue weighted by Gasteiger charge is 2.30. The molecule has 1 aromatic carbocycles. The Bertz CT molecular complexity index is 738. The van der Waals surface area contributed by atoms with Crippen LogP contribution in [0.5, 0.6) is 11.5 Å². The van der Waals surface area contributed by atoms with Gasteiger partial charge < -0.3 is 19.7 Å². The third-order valence-corrected chi connectivity index (χ3v) is 6.32. The van der Waals surface area contributed by atoms with E-state index in [0.717, 1.165) is 0 Å². The lowest BCUT2D eigenvalue weighted by Gasteiger charge is -2.22. The summed E-state index contributed by atoms with van der Waals surface area (Å²) in [6.45, 7) is 0.471. The molecule has 1 amide bonds. The van der Waals surface area contributed by atoms with Gasteiger partial charge in [-0.15, -0.1) is 0 Å². The van der Waals surface area contributed by atoms with Gasteiger partial charge in [-0.1, -0.05) is 11.6 Å². The first kappa shape index (κ1) is 19.8. The Hall–Kier alpha value is -1.51. The van der Waals surface area contributed by atoms with Gasteiger partial charge in [0.25, 0.3) is 0 Å². The van der Waals surface area contributed by atoms with E-state index in [0.29, 0.717) is 35.2 Å². The van der Waals surface area contributed by atoms with E-state index in [1.54, 1.807) is 12.1 Å². The highest BCUT2D eigenvalue weighted by molar-refractivity contribution is 7.91. The average molecular weight is 391 g/mol. The van der Waals surface area contributed by atoms with E-state index in [1.807, 2.05) is 11.9 Å². The number of hydrogen-bond acceptors (Lipinski definition) is 6. The van der Waals surface area contributed by atoms with Crippen LogP contribution in [-0.4, -0.2) is 64.6 Å². The summed E-state index contributed by atoms with van der Waals surface area (Å²) in [6, 6.07) is 3.15. The van der Waals surface area contributed by atoms with Crippen molar-refractivity contribution in [2.45, 2.75) is 18.9 Å². The van der Waals surface area contributed by atoms with E-state index >= 15 is 0 Å². The number of anilines is 1. The molecule has 1 saturated heterocycles. The molecule has 25 heavy (non-hydrogen) atoms. The topological polar surface area (TPSA) is 84.9 Å². The maximum atomic E-state index is 12.2. The van der Waals surface area contributed by atoms with Crippen LogP contribution in [0.4, 0.5) is 5.69 Å². The van der Waals surface area contributed by atoms with Gasteiger partial charge in [0.1, 0.15) is 11.5 Å². The minimum absolute atomic E-state index is 0.0250. The monoisotopic (exact) mass is 390 g/mol. The van der Waals surface area contributed by atoms with Gasteiger partial charge in [0.05, 0.1) is 36.4 Å². The molecule has 1 heterocycles. The van der Waals surface area contributed by atoms with Gasteiger partial charge in [0, 0.05) is 31.1 Å². The fourth-order valence-corrected chi connectivity index (χ4v) is 4.79. The molecular weight excluding hydrogens is 368 g/mol. The van der Waals surface area contributed by atoms with E-state index in [9.17, 15) is 13.2 Å². The number of benzene rings is 1. The number of nitrogens with one attached hydrogen (secondary N) is 1. The molecule has 2 rings (SSSR count). The third kappa shape index (κ3) is 5.23. The van der Waals surface area contributed by atoms with Gasteiger partial charge in [-0.2, -0.15) is 0 Å². The number of amides is 1. The van der Waals surface area contributed by atoms with Crippen LogP contribution in [0.1, 0.15) is 12.8 Å². The van der Waals surface area contributed by atoms with Gasteiger partial charge in [0.15, 0.2) is 9.84 Å². The highest BCUT2D eigenvalue weighted by Crippen LogP contribution is 2.35. The molecule has 0 aliphatic carbocycles. The molecule has 0 bridgehead atoms. The zero-order chi connectivity index (χ0) is 18.6. The van der Waals surface area contributed by atoms with Crippen molar-refractivity contribution in [1.82, 2.24) is 4.90 Å². The molecule has 0 aromatic heterocycles. The molecule has 7 nitrogen and oxygen atoms in total. The van der Waals surface area contributed by atoms with E-state index < -0.39 is 9.84 Å². The molecule has 1 N–H and O–H groups in total. The lowest BCUT2D eigenvalue weighted by Crippen LogP contribution is -2.35. The van der Waals surface area contributed by atoms with Crippen molar-refractivity contribution in [3.63, 3.8) is 0 Å². The number of hydrogen-bond donors (Lipinski definition) is 1. The van der Waals surface area contributed by atoms with Gasteiger partial charge in [-0.3, -0.25) is 4.79 Å². The molecule has 1 fully saturated rings. The van der Waals surface area contributed by atoms with E-state index in [4.69, 9.17) is 21.1 Å². The predicted molar refractivity (Wildman–Crippen MR) is 97.5 cm³/mol. The Morgan fingerprint density at radius 1 is 1.32 bits per heavy atom. The summed E-state index contributed by atoms with van der Waals surface area (Å²) in [7, 11) is 1.88. The summed E-state index contributed by atoms with van der Waals surface area (Å²) in [5.74, 6) is 1.05. The van der Waals surface area contributed by atoms with Crippen LogP contribution in [0, 0.1) is 0 Å². The Kier molecular flexibility index (Phi) is 6.53. The van der Waals surface area contributed by atoms with Gasteiger partial charge in [-0.25, -0.2) is 8.42 Å². The first-order chi connectivity index (χ1) is 11.8. The smallest absolute Gasteiger partial charge is 0.225 e. The number of nitrogens with zero attached hydrogens (tertiary/aromatic N) is 1. The zero-order valence-corrected chi connectivity index (χ0v) is 16.1. The summed E-state index contributed by atoms with van der Waals surface area (Å²) in [5.41, 5.74) is 0.472.